The van der Waals surface area contributed by atoms with Crippen molar-refractivity contribution in [3.63, 3.8) is 0 Å². The van der Waals surface area contributed by atoms with Crippen LogP contribution in [-0.4, -0.2) is 9.79 Å². The fourth-order valence-electron chi connectivity index (χ4n) is 2.24. The molecule has 0 spiro atoms. The molecule has 0 unspecified atom stereocenters. The topological polar surface area (TPSA) is 97.0 Å². The molecule has 1 aromatic carbocycles. The molecule has 0 fully saturated rings. The van der Waals surface area contributed by atoms with Gasteiger partial charge in [-0.3, -0.25) is 9.79 Å². The van der Waals surface area contributed by atoms with E-state index >= 15 is 0 Å². The monoisotopic (exact) mass is 298 g/mol. The van der Waals surface area contributed by atoms with Gasteiger partial charge in [-0.2, -0.15) is 0 Å². The zero-order valence-corrected chi connectivity index (χ0v) is 12.0. The van der Waals surface area contributed by atoms with Crippen molar-refractivity contribution in [1.29, 1.82) is 0 Å². The van der Waals surface area contributed by atoms with Crippen molar-refractivity contribution in [2.24, 2.45) is 0 Å². The summed E-state index contributed by atoms with van der Waals surface area (Å²) in [6, 6.07) is 4.40. The highest BCUT2D eigenvalue weighted by Gasteiger charge is 2.18. The minimum atomic E-state index is -4.63. The predicted molar refractivity (Wildman–Crippen MR) is 73.9 cm³/mol. The first-order valence-electron chi connectivity index (χ1n) is 6.19. The van der Waals surface area contributed by atoms with Crippen LogP contribution in [0.2, 0.25) is 0 Å². The van der Waals surface area contributed by atoms with Crippen LogP contribution in [0.1, 0.15) is 25.0 Å². The second-order valence-corrected chi connectivity index (χ2v) is 5.46. The van der Waals surface area contributed by atoms with Crippen molar-refractivity contribution in [1.82, 2.24) is 0 Å². The summed E-state index contributed by atoms with van der Waals surface area (Å²) in [5.74, 6) is -0.0414. The summed E-state index contributed by atoms with van der Waals surface area (Å²) in [7, 11) is -4.63. The van der Waals surface area contributed by atoms with Gasteiger partial charge in [0.2, 0.25) is 0 Å². The molecule has 0 radical (unpaired) electrons. The minimum Gasteiger partial charge on any atom is -0.422 e. The summed E-state index contributed by atoms with van der Waals surface area (Å²) in [6.45, 7) is 3.82. The second-order valence-electron chi connectivity index (χ2n) is 4.29. The summed E-state index contributed by atoms with van der Waals surface area (Å²) in [5, 5.41) is 0.752. The van der Waals surface area contributed by atoms with Crippen LogP contribution in [0, 0.1) is 0 Å². The minimum absolute atomic E-state index is 0.0414. The number of phosphoric ester groups is 1. The van der Waals surface area contributed by atoms with Crippen LogP contribution in [0.5, 0.6) is 5.75 Å². The van der Waals surface area contributed by atoms with Gasteiger partial charge in [-0.15, -0.1) is 0 Å². The van der Waals surface area contributed by atoms with Gasteiger partial charge in [-0.25, -0.2) is 9.36 Å². The van der Waals surface area contributed by atoms with Crippen LogP contribution in [0.15, 0.2) is 27.4 Å². The SMILES string of the molecule is CCc1c(CC)c2ccc(OP(=O)(O)O)cc2oc1=O. The van der Waals surface area contributed by atoms with Gasteiger partial charge in [0, 0.05) is 17.0 Å². The number of hydrogen-bond donors (Lipinski definition) is 2. The maximum Gasteiger partial charge on any atom is 0.524 e. The largest absolute Gasteiger partial charge is 0.524 e. The van der Waals surface area contributed by atoms with Crippen LogP contribution in [0.4, 0.5) is 0 Å². The molecule has 20 heavy (non-hydrogen) atoms. The van der Waals surface area contributed by atoms with Gasteiger partial charge in [0.15, 0.2) is 0 Å². The fraction of sp³-hybridized carbons (Fsp3) is 0.308. The van der Waals surface area contributed by atoms with Gasteiger partial charge in [0.05, 0.1) is 0 Å². The summed E-state index contributed by atoms with van der Waals surface area (Å²) in [4.78, 5) is 29.4. The maximum absolute atomic E-state index is 11.9. The van der Waals surface area contributed by atoms with Gasteiger partial charge < -0.3 is 8.94 Å². The Bertz CT molecular complexity index is 742. The van der Waals surface area contributed by atoms with E-state index < -0.39 is 13.4 Å². The Morgan fingerprint density at radius 2 is 1.85 bits per heavy atom. The highest BCUT2D eigenvalue weighted by atomic mass is 31.2. The quantitative estimate of drug-likeness (QED) is 0.664. The van der Waals surface area contributed by atoms with Crippen LogP contribution >= 0.6 is 7.82 Å². The van der Waals surface area contributed by atoms with E-state index in [1.165, 1.54) is 12.1 Å². The number of phosphoric acid groups is 1. The lowest BCUT2D eigenvalue weighted by atomic mass is 10.0. The molecule has 0 aliphatic heterocycles. The number of rotatable bonds is 4. The van der Waals surface area contributed by atoms with Crippen molar-refractivity contribution in [3.05, 3.63) is 39.7 Å². The highest BCUT2D eigenvalue weighted by molar-refractivity contribution is 7.46. The molecular weight excluding hydrogens is 283 g/mol. The Labute approximate surface area is 115 Å². The van der Waals surface area contributed by atoms with Gasteiger partial charge in [0.25, 0.3) is 0 Å². The van der Waals surface area contributed by atoms with Crippen molar-refractivity contribution in [3.8, 4) is 5.75 Å². The molecule has 0 aliphatic rings. The molecule has 2 aromatic rings. The summed E-state index contributed by atoms with van der Waals surface area (Å²) in [6.07, 6.45) is 1.24. The van der Waals surface area contributed by atoms with Crippen molar-refractivity contribution >= 4 is 18.8 Å². The summed E-state index contributed by atoms with van der Waals surface area (Å²) in [5.41, 5.74) is 1.35. The van der Waals surface area contributed by atoms with Gasteiger partial charge >= 0.3 is 13.4 Å². The number of fused-ring (bicyclic) bond motifs is 1. The van der Waals surface area contributed by atoms with Crippen molar-refractivity contribution < 1.29 is 23.3 Å². The fourth-order valence-corrected chi connectivity index (χ4v) is 2.63. The van der Waals surface area contributed by atoms with Crippen molar-refractivity contribution in [2.75, 3.05) is 0 Å². The zero-order valence-electron chi connectivity index (χ0n) is 11.1. The first-order chi connectivity index (χ1) is 9.35. The molecule has 0 amide bonds. The molecular formula is C13H15O6P. The maximum atomic E-state index is 11.9. The third-order valence-electron chi connectivity index (χ3n) is 3.02. The molecule has 0 saturated heterocycles. The Morgan fingerprint density at radius 1 is 1.20 bits per heavy atom. The molecule has 2 N–H and O–H groups in total. The molecule has 0 aliphatic carbocycles. The average Bonchev–Trinajstić information content (AvgIpc) is 2.34. The summed E-state index contributed by atoms with van der Waals surface area (Å²) < 4.78 is 20.5. The Hall–Kier alpha value is -1.62. The van der Waals surface area contributed by atoms with E-state index in [1.54, 1.807) is 6.07 Å². The van der Waals surface area contributed by atoms with Crippen LogP contribution < -0.4 is 10.1 Å². The van der Waals surface area contributed by atoms with E-state index in [1.807, 2.05) is 13.8 Å². The highest BCUT2D eigenvalue weighted by Crippen LogP contribution is 2.38. The molecule has 6 nitrogen and oxygen atoms in total. The third kappa shape index (κ3) is 2.93. The Morgan fingerprint density at radius 3 is 2.40 bits per heavy atom. The lowest BCUT2D eigenvalue weighted by Crippen LogP contribution is -2.10. The van der Waals surface area contributed by atoms with E-state index in [9.17, 15) is 9.36 Å². The number of benzene rings is 1. The molecule has 0 saturated carbocycles. The molecule has 1 heterocycles. The smallest absolute Gasteiger partial charge is 0.422 e. The number of hydrogen-bond acceptors (Lipinski definition) is 4. The first kappa shape index (κ1) is 14.8. The summed E-state index contributed by atoms with van der Waals surface area (Å²) >= 11 is 0. The number of aryl methyl sites for hydroxylation is 1. The predicted octanol–water partition coefficient (Wildman–Crippen LogP) is 2.39. The van der Waals surface area contributed by atoms with Crippen LogP contribution in [0.25, 0.3) is 11.0 Å². The molecule has 0 atom stereocenters. The van der Waals surface area contributed by atoms with Crippen LogP contribution in [0.3, 0.4) is 0 Å². The Kier molecular flexibility index (Phi) is 3.99. The Balaban J connectivity index is 2.66. The molecule has 108 valence electrons. The van der Waals surface area contributed by atoms with Gasteiger partial charge in [0.1, 0.15) is 11.3 Å². The van der Waals surface area contributed by atoms with Crippen LogP contribution in [-0.2, 0) is 17.4 Å². The standard InChI is InChI=1S/C13H15O6P/c1-3-9-10(4-2)13(14)18-12-7-8(5-6-11(9)12)19-20(15,16)17/h5-7H,3-4H2,1-2H3,(H2,15,16,17). The van der Waals surface area contributed by atoms with Gasteiger partial charge in [-0.1, -0.05) is 13.8 Å². The zero-order chi connectivity index (χ0) is 14.9. The van der Waals surface area contributed by atoms with E-state index in [0.717, 1.165) is 10.9 Å². The van der Waals surface area contributed by atoms with Gasteiger partial charge in [-0.05, 0) is 30.5 Å². The van der Waals surface area contributed by atoms with E-state index in [0.29, 0.717) is 18.4 Å². The lowest BCUT2D eigenvalue weighted by Gasteiger charge is -2.10. The molecule has 7 heteroatoms. The van der Waals surface area contributed by atoms with E-state index in [2.05, 4.69) is 4.52 Å². The average molecular weight is 298 g/mol. The van der Waals surface area contributed by atoms with E-state index in [-0.39, 0.29) is 11.3 Å². The molecule has 1 aromatic heterocycles. The first-order valence-corrected chi connectivity index (χ1v) is 7.72. The molecule has 0 bridgehead atoms. The second kappa shape index (κ2) is 5.40. The van der Waals surface area contributed by atoms with Crippen molar-refractivity contribution in [2.45, 2.75) is 26.7 Å². The lowest BCUT2D eigenvalue weighted by molar-refractivity contribution is 0.283. The van der Waals surface area contributed by atoms with E-state index in [4.69, 9.17) is 14.2 Å². The third-order valence-corrected chi connectivity index (χ3v) is 3.47. The molecule has 2 rings (SSSR count). The normalized spacial score (nSPS) is 11.8.